The Morgan fingerprint density at radius 2 is 1.91 bits per heavy atom. The Morgan fingerprint density at radius 1 is 1.36 bits per heavy atom. The zero-order chi connectivity index (χ0) is 8.85. The summed E-state index contributed by atoms with van der Waals surface area (Å²) in [5, 5.41) is 0. The fourth-order valence-electron chi connectivity index (χ4n) is 0.845. The van der Waals surface area contributed by atoms with E-state index in [1.165, 1.54) is 0 Å². The highest BCUT2D eigenvalue weighted by Gasteiger charge is 2.04. The van der Waals surface area contributed by atoms with Crippen molar-refractivity contribution in [3.63, 3.8) is 0 Å². The molecular formula is C8H18N3+. The smallest absolute Gasteiger partial charge is 0.186 e. The van der Waals surface area contributed by atoms with Crippen LogP contribution in [0.15, 0.2) is 4.99 Å². The van der Waals surface area contributed by atoms with E-state index in [9.17, 15) is 0 Å². The molecule has 0 aliphatic heterocycles. The van der Waals surface area contributed by atoms with Crippen molar-refractivity contribution >= 4 is 5.96 Å². The van der Waals surface area contributed by atoms with Gasteiger partial charge in [-0.15, -0.1) is 0 Å². The van der Waals surface area contributed by atoms with Gasteiger partial charge in [0, 0.05) is 0 Å². The van der Waals surface area contributed by atoms with Crippen molar-refractivity contribution in [2.45, 2.75) is 32.7 Å². The molecule has 0 spiro atoms. The molecule has 0 bridgehead atoms. The van der Waals surface area contributed by atoms with Crippen LogP contribution in [-0.4, -0.2) is 12.0 Å². The molecule has 0 aromatic rings. The largest absolute Gasteiger partial charge is 0.370 e. The fraction of sp³-hybridized carbons (Fsp3) is 0.750. The Hall–Kier alpha value is -0.860. The Bertz CT molecular complexity index is 125. The van der Waals surface area contributed by atoms with Crippen LogP contribution in [0.3, 0.4) is 0 Å². The average Bonchev–Trinajstić information content (AvgIpc) is 1.82. The third-order valence-corrected chi connectivity index (χ3v) is 1.45. The SMILES string of the molecule is [CH2+]C(C)CCC(C)N=C(N)N. The summed E-state index contributed by atoms with van der Waals surface area (Å²) >= 11 is 0. The summed E-state index contributed by atoms with van der Waals surface area (Å²) in [5.41, 5.74) is 10.4. The lowest BCUT2D eigenvalue weighted by molar-refractivity contribution is 0.548. The minimum atomic E-state index is 0.175. The van der Waals surface area contributed by atoms with Crippen LogP contribution in [-0.2, 0) is 0 Å². The van der Waals surface area contributed by atoms with Crippen molar-refractivity contribution in [2.24, 2.45) is 22.4 Å². The Balaban J connectivity index is 3.53. The summed E-state index contributed by atoms with van der Waals surface area (Å²) in [6.07, 6.45) is 2.07. The van der Waals surface area contributed by atoms with Crippen molar-refractivity contribution in [3.05, 3.63) is 6.92 Å². The molecule has 4 N–H and O–H groups in total. The van der Waals surface area contributed by atoms with Gasteiger partial charge in [-0.2, -0.15) is 0 Å². The van der Waals surface area contributed by atoms with Gasteiger partial charge in [-0.25, -0.2) is 0 Å². The number of hydrogen-bond acceptors (Lipinski definition) is 1. The molecule has 0 radical (unpaired) electrons. The monoisotopic (exact) mass is 156 g/mol. The average molecular weight is 156 g/mol. The van der Waals surface area contributed by atoms with Gasteiger partial charge in [0.05, 0.1) is 18.9 Å². The Labute approximate surface area is 68.9 Å². The van der Waals surface area contributed by atoms with E-state index in [-0.39, 0.29) is 12.0 Å². The number of rotatable bonds is 4. The molecule has 0 rings (SSSR count). The van der Waals surface area contributed by atoms with Crippen LogP contribution in [0.4, 0.5) is 0 Å². The standard InChI is InChI=1S/C8H18N3/c1-6(2)4-5-7(3)11-8(9)10/h6-7H,1,4-5H2,2-3H3,(H4,9,10,11)/q+1. The van der Waals surface area contributed by atoms with Crippen LogP contribution in [0.5, 0.6) is 0 Å². The van der Waals surface area contributed by atoms with Crippen molar-refractivity contribution in [3.8, 4) is 0 Å². The van der Waals surface area contributed by atoms with Crippen LogP contribution in [0, 0.1) is 12.8 Å². The van der Waals surface area contributed by atoms with Crippen molar-refractivity contribution in [1.82, 2.24) is 0 Å². The molecule has 0 saturated heterocycles. The number of nitrogens with two attached hydrogens (primary N) is 2. The lowest BCUT2D eigenvalue weighted by Gasteiger charge is -2.05. The molecule has 0 saturated carbocycles. The van der Waals surface area contributed by atoms with Gasteiger partial charge in [0.2, 0.25) is 0 Å². The number of guanidine groups is 1. The summed E-state index contributed by atoms with van der Waals surface area (Å²) in [5.74, 6) is 0.654. The van der Waals surface area contributed by atoms with E-state index >= 15 is 0 Å². The number of hydrogen-bond donors (Lipinski definition) is 2. The molecule has 3 nitrogen and oxygen atoms in total. The molecule has 0 heterocycles. The molecule has 2 unspecified atom stereocenters. The highest BCUT2D eigenvalue weighted by molar-refractivity contribution is 5.75. The third-order valence-electron chi connectivity index (χ3n) is 1.45. The number of aliphatic imine (C=N–C) groups is 1. The maximum atomic E-state index is 5.21. The van der Waals surface area contributed by atoms with E-state index in [0.29, 0.717) is 5.92 Å². The second-order valence-electron chi connectivity index (χ2n) is 3.09. The van der Waals surface area contributed by atoms with Gasteiger partial charge >= 0.3 is 0 Å². The summed E-state index contributed by atoms with van der Waals surface area (Å²) in [6.45, 7) is 7.97. The zero-order valence-electron chi connectivity index (χ0n) is 7.38. The molecule has 0 aromatic carbocycles. The van der Waals surface area contributed by atoms with Crippen LogP contribution < -0.4 is 11.5 Å². The fourth-order valence-corrected chi connectivity index (χ4v) is 0.845. The second kappa shape index (κ2) is 4.88. The van der Waals surface area contributed by atoms with Gasteiger partial charge in [-0.3, -0.25) is 4.99 Å². The minimum Gasteiger partial charge on any atom is -0.370 e. The first-order valence-electron chi connectivity index (χ1n) is 3.94. The van der Waals surface area contributed by atoms with E-state index in [2.05, 4.69) is 18.8 Å². The van der Waals surface area contributed by atoms with Crippen LogP contribution in [0.1, 0.15) is 26.7 Å². The van der Waals surface area contributed by atoms with Gasteiger partial charge in [0.15, 0.2) is 5.96 Å². The molecule has 64 valence electrons. The maximum absolute atomic E-state index is 5.21. The zero-order valence-corrected chi connectivity index (χ0v) is 7.38. The maximum Gasteiger partial charge on any atom is 0.186 e. The minimum absolute atomic E-state index is 0.175. The molecule has 0 aliphatic carbocycles. The van der Waals surface area contributed by atoms with Gasteiger partial charge in [-0.1, -0.05) is 0 Å². The third kappa shape index (κ3) is 7.03. The van der Waals surface area contributed by atoms with Crippen LogP contribution >= 0.6 is 0 Å². The predicted molar refractivity (Wildman–Crippen MR) is 49.0 cm³/mol. The quantitative estimate of drug-likeness (QED) is 0.361. The van der Waals surface area contributed by atoms with Crippen LogP contribution in [0.25, 0.3) is 0 Å². The first kappa shape index (κ1) is 10.1. The second-order valence-corrected chi connectivity index (χ2v) is 3.09. The summed E-state index contributed by atoms with van der Waals surface area (Å²) in [4.78, 5) is 3.99. The van der Waals surface area contributed by atoms with Gasteiger partial charge in [0.1, 0.15) is 0 Å². The molecule has 11 heavy (non-hydrogen) atoms. The predicted octanol–water partition coefficient (Wildman–Crippen LogP) is 0.899. The summed E-state index contributed by atoms with van der Waals surface area (Å²) < 4.78 is 0. The Morgan fingerprint density at radius 3 is 2.27 bits per heavy atom. The first-order valence-corrected chi connectivity index (χ1v) is 3.94. The molecule has 2 atom stereocenters. The van der Waals surface area contributed by atoms with E-state index in [1.54, 1.807) is 0 Å². The van der Waals surface area contributed by atoms with Gasteiger partial charge in [0.25, 0.3) is 0 Å². The van der Waals surface area contributed by atoms with Crippen molar-refractivity contribution < 1.29 is 0 Å². The molecule has 0 amide bonds. The highest BCUT2D eigenvalue weighted by atomic mass is 15.0. The normalized spacial score (nSPS) is 15.5. The van der Waals surface area contributed by atoms with E-state index < -0.39 is 0 Å². The number of nitrogens with zero attached hydrogens (tertiary/aromatic N) is 1. The highest BCUT2D eigenvalue weighted by Crippen LogP contribution is 2.07. The van der Waals surface area contributed by atoms with E-state index in [1.807, 2.05) is 6.92 Å². The Kier molecular flexibility index (Phi) is 4.50. The molecule has 0 aromatic heterocycles. The van der Waals surface area contributed by atoms with Gasteiger partial charge in [-0.05, 0) is 26.7 Å². The van der Waals surface area contributed by atoms with Gasteiger partial charge < -0.3 is 11.5 Å². The molecule has 0 fully saturated rings. The van der Waals surface area contributed by atoms with E-state index in [4.69, 9.17) is 11.5 Å². The van der Waals surface area contributed by atoms with Crippen molar-refractivity contribution in [2.75, 3.05) is 0 Å². The molecular weight excluding hydrogens is 138 g/mol. The van der Waals surface area contributed by atoms with E-state index in [0.717, 1.165) is 12.8 Å². The first-order chi connectivity index (χ1) is 5.02. The van der Waals surface area contributed by atoms with Crippen molar-refractivity contribution in [1.29, 1.82) is 0 Å². The lowest BCUT2D eigenvalue weighted by atomic mass is 10.1. The topological polar surface area (TPSA) is 64.4 Å². The molecule has 3 heteroatoms. The lowest BCUT2D eigenvalue weighted by Crippen LogP contribution is -2.24. The summed E-state index contributed by atoms with van der Waals surface area (Å²) in [6, 6.07) is 0.226. The summed E-state index contributed by atoms with van der Waals surface area (Å²) in [7, 11) is 0. The van der Waals surface area contributed by atoms with Crippen LogP contribution in [0.2, 0.25) is 0 Å². The molecule has 0 aliphatic rings.